The van der Waals surface area contributed by atoms with Crippen LogP contribution in [0, 0.1) is 0 Å². The third-order valence-electron chi connectivity index (χ3n) is 3.21. The van der Waals surface area contributed by atoms with Gasteiger partial charge in [0.05, 0.1) is 0 Å². The molecule has 0 saturated carbocycles. The van der Waals surface area contributed by atoms with Gasteiger partial charge in [0.15, 0.2) is 0 Å². The van der Waals surface area contributed by atoms with E-state index < -0.39 is 0 Å². The first-order valence-corrected chi connectivity index (χ1v) is 5.93. The Hall–Kier alpha value is -1.25. The maximum atomic E-state index is 6.19. The minimum atomic E-state index is -0.217. The molecule has 1 aliphatic carbocycles. The van der Waals surface area contributed by atoms with Gasteiger partial charge < -0.3 is 11.5 Å². The molecule has 2 rings (SSSR count). The summed E-state index contributed by atoms with van der Waals surface area (Å²) in [6.07, 6.45) is 3.07. The normalized spacial score (nSPS) is 23.4. The number of nitrogen functional groups attached to an aromatic ring is 1. The molecule has 0 radical (unpaired) electrons. The van der Waals surface area contributed by atoms with Gasteiger partial charge in [0.25, 0.3) is 0 Å². The second-order valence-electron chi connectivity index (χ2n) is 5.29. The molecule has 0 heterocycles. The summed E-state index contributed by atoms with van der Waals surface area (Å²) in [5, 5.41) is 0. The van der Waals surface area contributed by atoms with E-state index in [1.54, 1.807) is 0 Å². The summed E-state index contributed by atoms with van der Waals surface area (Å²) in [6.45, 7) is 6.35. The average Bonchev–Trinajstić information content (AvgIpc) is 2.18. The van der Waals surface area contributed by atoms with Crippen molar-refractivity contribution in [1.82, 2.24) is 0 Å². The highest BCUT2D eigenvalue weighted by Crippen LogP contribution is 2.36. The fraction of sp³-hybridized carbons (Fsp3) is 0.333. The van der Waals surface area contributed by atoms with Crippen LogP contribution >= 0.6 is 12.4 Å². The molecular formula is C15H21ClN2. The molecule has 98 valence electrons. The monoisotopic (exact) mass is 264 g/mol. The summed E-state index contributed by atoms with van der Waals surface area (Å²) < 4.78 is 0. The van der Waals surface area contributed by atoms with Gasteiger partial charge in [-0.3, -0.25) is 0 Å². The zero-order valence-electron chi connectivity index (χ0n) is 11.2. The Morgan fingerprint density at radius 2 is 1.67 bits per heavy atom. The van der Waals surface area contributed by atoms with Crippen LogP contribution in [0.4, 0.5) is 5.69 Å². The van der Waals surface area contributed by atoms with E-state index in [-0.39, 0.29) is 17.9 Å². The van der Waals surface area contributed by atoms with Crippen LogP contribution in [-0.2, 0) is 0 Å². The van der Waals surface area contributed by atoms with E-state index in [1.807, 2.05) is 12.1 Å². The van der Waals surface area contributed by atoms with E-state index in [9.17, 15) is 0 Å². The standard InChI is InChI=1S/C15H20N2.ClH/c1-10-8-15(3,17)9-11(2)14(10)12-4-6-13(16)7-5-12;/h4-8H,9,16-17H2,1-3H3;1H. The van der Waals surface area contributed by atoms with Gasteiger partial charge in [0, 0.05) is 11.2 Å². The molecule has 0 amide bonds. The number of anilines is 1. The topological polar surface area (TPSA) is 52.0 Å². The van der Waals surface area contributed by atoms with Gasteiger partial charge in [-0.1, -0.05) is 23.8 Å². The smallest absolute Gasteiger partial charge is 0.0354 e. The molecule has 0 aliphatic heterocycles. The Morgan fingerprint density at radius 3 is 2.17 bits per heavy atom. The fourth-order valence-corrected chi connectivity index (χ4v) is 2.74. The Bertz CT molecular complexity index is 496. The zero-order valence-corrected chi connectivity index (χ0v) is 12.0. The molecule has 0 saturated heterocycles. The molecule has 1 aliphatic rings. The number of rotatable bonds is 1. The lowest BCUT2D eigenvalue weighted by molar-refractivity contribution is 0.570. The Kier molecular flexibility index (Phi) is 4.25. The van der Waals surface area contributed by atoms with Crippen LogP contribution in [0.3, 0.4) is 0 Å². The van der Waals surface area contributed by atoms with Gasteiger partial charge in [0.2, 0.25) is 0 Å². The summed E-state index contributed by atoms with van der Waals surface area (Å²) in [4.78, 5) is 0. The Labute approximate surface area is 115 Å². The molecule has 0 fully saturated rings. The van der Waals surface area contributed by atoms with Gasteiger partial charge in [-0.05, 0) is 56.0 Å². The van der Waals surface area contributed by atoms with Crippen molar-refractivity contribution in [3.05, 3.63) is 47.1 Å². The lowest BCUT2D eigenvalue weighted by Crippen LogP contribution is -2.36. The number of hydrogen-bond acceptors (Lipinski definition) is 2. The van der Waals surface area contributed by atoms with Crippen molar-refractivity contribution in [2.75, 3.05) is 5.73 Å². The SMILES string of the molecule is CC1=CC(C)(N)CC(C)=C1c1ccc(N)cc1.Cl. The third-order valence-corrected chi connectivity index (χ3v) is 3.21. The number of nitrogens with two attached hydrogens (primary N) is 2. The lowest BCUT2D eigenvalue weighted by atomic mass is 9.80. The van der Waals surface area contributed by atoms with E-state index in [0.29, 0.717) is 0 Å². The number of allylic oxidation sites excluding steroid dienone is 2. The first-order valence-electron chi connectivity index (χ1n) is 5.93. The van der Waals surface area contributed by atoms with Crippen molar-refractivity contribution in [2.45, 2.75) is 32.7 Å². The molecule has 0 bridgehead atoms. The molecule has 18 heavy (non-hydrogen) atoms. The van der Waals surface area contributed by atoms with Crippen LogP contribution in [0.15, 0.2) is 41.5 Å². The van der Waals surface area contributed by atoms with Crippen molar-refractivity contribution in [1.29, 1.82) is 0 Å². The van der Waals surface area contributed by atoms with Gasteiger partial charge in [-0.15, -0.1) is 12.4 Å². The van der Waals surface area contributed by atoms with Crippen molar-refractivity contribution in [3.8, 4) is 0 Å². The molecular weight excluding hydrogens is 244 g/mol. The summed E-state index contributed by atoms with van der Waals surface area (Å²) in [6, 6.07) is 8.04. The van der Waals surface area contributed by atoms with E-state index in [1.165, 1.54) is 22.3 Å². The highest BCUT2D eigenvalue weighted by molar-refractivity contribution is 5.85. The molecule has 1 aromatic rings. The minimum absolute atomic E-state index is 0. The van der Waals surface area contributed by atoms with E-state index in [2.05, 4.69) is 39.0 Å². The van der Waals surface area contributed by atoms with Crippen LogP contribution < -0.4 is 11.5 Å². The third kappa shape index (κ3) is 2.95. The molecule has 1 aromatic carbocycles. The van der Waals surface area contributed by atoms with Crippen LogP contribution in [0.5, 0.6) is 0 Å². The van der Waals surface area contributed by atoms with E-state index in [4.69, 9.17) is 11.5 Å². The Morgan fingerprint density at radius 1 is 1.11 bits per heavy atom. The predicted molar refractivity (Wildman–Crippen MR) is 81.7 cm³/mol. The zero-order chi connectivity index (χ0) is 12.6. The van der Waals surface area contributed by atoms with Gasteiger partial charge >= 0.3 is 0 Å². The van der Waals surface area contributed by atoms with Crippen molar-refractivity contribution in [3.63, 3.8) is 0 Å². The summed E-state index contributed by atoms with van der Waals surface area (Å²) >= 11 is 0. The summed E-state index contributed by atoms with van der Waals surface area (Å²) in [7, 11) is 0. The van der Waals surface area contributed by atoms with Crippen molar-refractivity contribution in [2.24, 2.45) is 5.73 Å². The van der Waals surface area contributed by atoms with Crippen LogP contribution in [0.2, 0.25) is 0 Å². The minimum Gasteiger partial charge on any atom is -0.399 e. The first kappa shape index (κ1) is 14.8. The fourth-order valence-electron chi connectivity index (χ4n) is 2.74. The van der Waals surface area contributed by atoms with Crippen LogP contribution in [0.1, 0.15) is 32.8 Å². The van der Waals surface area contributed by atoms with E-state index in [0.717, 1.165) is 12.1 Å². The highest BCUT2D eigenvalue weighted by atomic mass is 35.5. The average molecular weight is 265 g/mol. The second kappa shape index (κ2) is 5.17. The molecule has 1 unspecified atom stereocenters. The number of benzene rings is 1. The quantitative estimate of drug-likeness (QED) is 0.763. The molecule has 4 N–H and O–H groups in total. The molecule has 0 aromatic heterocycles. The maximum Gasteiger partial charge on any atom is 0.0354 e. The van der Waals surface area contributed by atoms with Gasteiger partial charge in [-0.25, -0.2) is 0 Å². The first-order chi connectivity index (χ1) is 7.89. The molecule has 0 spiro atoms. The van der Waals surface area contributed by atoms with Gasteiger partial charge in [-0.2, -0.15) is 0 Å². The maximum absolute atomic E-state index is 6.19. The van der Waals surface area contributed by atoms with Crippen LogP contribution in [0.25, 0.3) is 5.57 Å². The van der Waals surface area contributed by atoms with Crippen molar-refractivity contribution >= 4 is 23.7 Å². The number of hydrogen-bond donors (Lipinski definition) is 2. The molecule has 2 nitrogen and oxygen atoms in total. The number of halogens is 1. The predicted octanol–water partition coefficient (Wildman–Crippen LogP) is 3.53. The largest absolute Gasteiger partial charge is 0.399 e. The van der Waals surface area contributed by atoms with Crippen LogP contribution in [-0.4, -0.2) is 5.54 Å². The summed E-state index contributed by atoms with van der Waals surface area (Å²) in [5.41, 5.74) is 17.6. The van der Waals surface area contributed by atoms with Gasteiger partial charge in [0.1, 0.15) is 0 Å². The highest BCUT2D eigenvalue weighted by Gasteiger charge is 2.24. The summed E-state index contributed by atoms with van der Waals surface area (Å²) in [5.74, 6) is 0. The Balaban J connectivity index is 0.00000162. The second-order valence-corrected chi connectivity index (χ2v) is 5.29. The van der Waals surface area contributed by atoms with Crippen molar-refractivity contribution < 1.29 is 0 Å². The molecule has 1 atom stereocenters. The van der Waals surface area contributed by atoms with E-state index >= 15 is 0 Å². The lowest BCUT2D eigenvalue weighted by Gasteiger charge is -2.29. The molecule has 3 heteroatoms.